The number of fused-ring (bicyclic) bond motifs is 1. The van der Waals surface area contributed by atoms with Crippen LogP contribution in [-0.4, -0.2) is 22.6 Å². The SMILES string of the molecule is CC(C)Oc1cc(N2CCc3ccc(N)cc3C2)ncn1. The molecule has 0 bridgehead atoms. The van der Waals surface area contributed by atoms with Gasteiger partial charge in [0.05, 0.1) is 6.10 Å². The van der Waals surface area contributed by atoms with E-state index in [0.717, 1.165) is 31.0 Å². The molecule has 0 saturated heterocycles. The standard InChI is InChI=1S/C16H20N4O/c1-11(2)21-16-8-15(18-10-19-16)20-6-5-12-3-4-14(17)7-13(12)9-20/h3-4,7-8,10-11H,5-6,9,17H2,1-2H3. The number of anilines is 2. The van der Waals surface area contributed by atoms with Crippen molar-refractivity contribution in [1.29, 1.82) is 0 Å². The monoisotopic (exact) mass is 284 g/mol. The molecule has 1 aliphatic rings. The fourth-order valence-electron chi connectivity index (χ4n) is 2.58. The Labute approximate surface area is 124 Å². The molecule has 0 spiro atoms. The Balaban J connectivity index is 1.82. The minimum atomic E-state index is 0.106. The molecule has 0 amide bonds. The first kappa shape index (κ1) is 13.7. The highest BCUT2D eigenvalue weighted by Crippen LogP contribution is 2.26. The van der Waals surface area contributed by atoms with Gasteiger partial charge in [0.25, 0.3) is 0 Å². The lowest BCUT2D eigenvalue weighted by Gasteiger charge is -2.30. The lowest BCUT2D eigenvalue weighted by Crippen LogP contribution is -2.31. The molecular weight excluding hydrogens is 264 g/mol. The molecule has 3 rings (SSSR count). The lowest BCUT2D eigenvalue weighted by atomic mass is 9.99. The fraction of sp³-hybridized carbons (Fsp3) is 0.375. The first-order chi connectivity index (χ1) is 10.1. The molecule has 5 nitrogen and oxygen atoms in total. The maximum atomic E-state index is 5.88. The Hall–Kier alpha value is -2.30. The van der Waals surface area contributed by atoms with Gasteiger partial charge in [-0.3, -0.25) is 0 Å². The minimum absolute atomic E-state index is 0.106. The Bertz CT molecular complexity index is 642. The van der Waals surface area contributed by atoms with Crippen molar-refractivity contribution in [2.75, 3.05) is 17.2 Å². The van der Waals surface area contributed by atoms with E-state index in [0.29, 0.717) is 5.88 Å². The van der Waals surface area contributed by atoms with Gasteiger partial charge >= 0.3 is 0 Å². The van der Waals surface area contributed by atoms with Crippen LogP contribution in [0.3, 0.4) is 0 Å². The Morgan fingerprint density at radius 1 is 1.19 bits per heavy atom. The van der Waals surface area contributed by atoms with Crippen LogP contribution in [0.15, 0.2) is 30.6 Å². The van der Waals surface area contributed by atoms with E-state index < -0.39 is 0 Å². The summed E-state index contributed by atoms with van der Waals surface area (Å²) in [6.45, 7) is 5.73. The molecule has 1 aromatic carbocycles. The topological polar surface area (TPSA) is 64.3 Å². The molecule has 2 aromatic rings. The van der Waals surface area contributed by atoms with E-state index in [4.69, 9.17) is 10.5 Å². The molecular formula is C16H20N4O. The highest BCUT2D eigenvalue weighted by atomic mass is 16.5. The maximum absolute atomic E-state index is 5.88. The van der Waals surface area contributed by atoms with Gasteiger partial charge in [-0.15, -0.1) is 0 Å². The zero-order chi connectivity index (χ0) is 14.8. The zero-order valence-corrected chi connectivity index (χ0v) is 12.4. The highest BCUT2D eigenvalue weighted by molar-refractivity contribution is 5.50. The summed E-state index contributed by atoms with van der Waals surface area (Å²) in [6, 6.07) is 8.04. The third-order valence-corrected chi connectivity index (χ3v) is 3.55. The van der Waals surface area contributed by atoms with Crippen LogP contribution in [0.25, 0.3) is 0 Å². The molecule has 0 aliphatic carbocycles. The number of ether oxygens (including phenoxy) is 1. The number of nitrogen functional groups attached to an aromatic ring is 1. The summed E-state index contributed by atoms with van der Waals surface area (Å²) >= 11 is 0. The second kappa shape index (κ2) is 5.60. The molecule has 0 saturated carbocycles. The van der Waals surface area contributed by atoms with Gasteiger partial charge in [0.15, 0.2) is 0 Å². The molecule has 2 N–H and O–H groups in total. The van der Waals surface area contributed by atoms with Crippen LogP contribution in [-0.2, 0) is 13.0 Å². The largest absolute Gasteiger partial charge is 0.475 e. The quantitative estimate of drug-likeness (QED) is 0.877. The van der Waals surface area contributed by atoms with Crippen LogP contribution in [0.2, 0.25) is 0 Å². The molecule has 1 aromatic heterocycles. The molecule has 5 heteroatoms. The maximum Gasteiger partial charge on any atom is 0.218 e. The van der Waals surface area contributed by atoms with Crippen molar-refractivity contribution in [3.63, 3.8) is 0 Å². The van der Waals surface area contributed by atoms with E-state index >= 15 is 0 Å². The molecule has 0 fully saturated rings. The average Bonchev–Trinajstić information content (AvgIpc) is 2.46. The number of hydrogen-bond acceptors (Lipinski definition) is 5. The van der Waals surface area contributed by atoms with E-state index in [-0.39, 0.29) is 6.10 Å². The average molecular weight is 284 g/mol. The second-order valence-electron chi connectivity index (χ2n) is 5.58. The first-order valence-corrected chi connectivity index (χ1v) is 7.23. The lowest BCUT2D eigenvalue weighted by molar-refractivity contribution is 0.232. The number of nitrogens with two attached hydrogens (primary N) is 1. The Kier molecular flexibility index (Phi) is 3.64. The van der Waals surface area contributed by atoms with E-state index in [1.165, 1.54) is 11.1 Å². The Morgan fingerprint density at radius 3 is 2.86 bits per heavy atom. The summed E-state index contributed by atoms with van der Waals surface area (Å²) in [6.07, 6.45) is 2.66. The summed E-state index contributed by atoms with van der Waals surface area (Å²) in [4.78, 5) is 10.8. The van der Waals surface area contributed by atoms with E-state index in [9.17, 15) is 0 Å². The van der Waals surface area contributed by atoms with Crippen molar-refractivity contribution < 1.29 is 4.74 Å². The summed E-state index contributed by atoms with van der Waals surface area (Å²) in [7, 11) is 0. The van der Waals surface area contributed by atoms with Gasteiger partial charge in [-0.25, -0.2) is 9.97 Å². The van der Waals surface area contributed by atoms with Crippen molar-refractivity contribution in [3.05, 3.63) is 41.7 Å². The van der Waals surface area contributed by atoms with E-state index in [1.54, 1.807) is 6.33 Å². The Morgan fingerprint density at radius 2 is 2.05 bits per heavy atom. The van der Waals surface area contributed by atoms with E-state index in [2.05, 4.69) is 20.9 Å². The highest BCUT2D eigenvalue weighted by Gasteiger charge is 2.18. The number of aromatic nitrogens is 2. The van der Waals surface area contributed by atoms with Crippen molar-refractivity contribution in [3.8, 4) is 5.88 Å². The van der Waals surface area contributed by atoms with Crippen molar-refractivity contribution in [2.24, 2.45) is 0 Å². The van der Waals surface area contributed by atoms with Gasteiger partial charge in [-0.2, -0.15) is 0 Å². The third-order valence-electron chi connectivity index (χ3n) is 3.55. The van der Waals surface area contributed by atoms with E-state index in [1.807, 2.05) is 32.0 Å². The van der Waals surface area contributed by atoms with Crippen LogP contribution in [0.5, 0.6) is 5.88 Å². The predicted octanol–water partition coefficient (Wildman–Crippen LogP) is 2.41. The second-order valence-corrected chi connectivity index (χ2v) is 5.58. The molecule has 0 atom stereocenters. The third kappa shape index (κ3) is 3.07. The first-order valence-electron chi connectivity index (χ1n) is 7.23. The number of nitrogens with zero attached hydrogens (tertiary/aromatic N) is 3. The molecule has 2 heterocycles. The summed E-state index contributed by atoms with van der Waals surface area (Å²) < 4.78 is 5.64. The van der Waals surface area contributed by atoms with Crippen LogP contribution in [0, 0.1) is 0 Å². The van der Waals surface area contributed by atoms with Gasteiger partial charge in [0.2, 0.25) is 5.88 Å². The number of hydrogen-bond donors (Lipinski definition) is 1. The fourth-order valence-corrected chi connectivity index (χ4v) is 2.58. The summed E-state index contributed by atoms with van der Waals surface area (Å²) in [5, 5.41) is 0. The van der Waals surface area contributed by atoms with Gasteiger partial charge in [-0.1, -0.05) is 6.07 Å². The van der Waals surface area contributed by atoms with Crippen LogP contribution in [0.1, 0.15) is 25.0 Å². The van der Waals surface area contributed by atoms with Gasteiger partial charge in [0, 0.05) is 24.8 Å². The van der Waals surface area contributed by atoms with Crippen LogP contribution in [0.4, 0.5) is 11.5 Å². The van der Waals surface area contributed by atoms with Crippen molar-refractivity contribution >= 4 is 11.5 Å². The minimum Gasteiger partial charge on any atom is -0.475 e. The van der Waals surface area contributed by atoms with Crippen LogP contribution < -0.4 is 15.4 Å². The molecule has 110 valence electrons. The molecule has 0 unspecified atom stereocenters. The van der Waals surface area contributed by atoms with Gasteiger partial charge < -0.3 is 15.4 Å². The molecule has 0 radical (unpaired) electrons. The van der Waals surface area contributed by atoms with Crippen molar-refractivity contribution in [1.82, 2.24) is 9.97 Å². The summed E-state index contributed by atoms with van der Waals surface area (Å²) in [5.74, 6) is 1.52. The predicted molar refractivity (Wildman–Crippen MR) is 83.4 cm³/mol. The zero-order valence-electron chi connectivity index (χ0n) is 12.4. The normalized spacial score (nSPS) is 14.1. The number of rotatable bonds is 3. The van der Waals surface area contributed by atoms with Gasteiger partial charge in [-0.05, 0) is 43.5 Å². The smallest absolute Gasteiger partial charge is 0.218 e. The van der Waals surface area contributed by atoms with Crippen molar-refractivity contribution in [2.45, 2.75) is 32.9 Å². The molecule has 1 aliphatic heterocycles. The van der Waals surface area contributed by atoms with Crippen LogP contribution >= 0.6 is 0 Å². The molecule has 21 heavy (non-hydrogen) atoms. The number of benzene rings is 1. The van der Waals surface area contributed by atoms with Gasteiger partial charge in [0.1, 0.15) is 12.1 Å². The summed E-state index contributed by atoms with van der Waals surface area (Å²) in [5.41, 5.74) is 9.33.